The standard InChI is InChI=1S/C13H18FNO2/c1-3-13(16)12(15(2)8-9-17-13)10-4-6-11(14)7-5-10/h4-7,12,16H,3,8-9H2,1-2H3/t12-,13-/m0/s1. The summed E-state index contributed by atoms with van der Waals surface area (Å²) in [6.07, 6.45) is 0.499. The van der Waals surface area contributed by atoms with Crippen molar-refractivity contribution in [2.45, 2.75) is 25.2 Å². The normalized spacial score (nSPS) is 30.5. The second-order valence-electron chi connectivity index (χ2n) is 4.48. The molecular weight excluding hydrogens is 221 g/mol. The van der Waals surface area contributed by atoms with E-state index in [0.717, 1.165) is 12.1 Å². The van der Waals surface area contributed by atoms with Gasteiger partial charge in [0.25, 0.3) is 0 Å². The van der Waals surface area contributed by atoms with E-state index in [0.29, 0.717) is 13.0 Å². The largest absolute Gasteiger partial charge is 0.364 e. The fourth-order valence-corrected chi connectivity index (χ4v) is 2.37. The molecule has 1 aliphatic heterocycles. The SMILES string of the molecule is CC[C@]1(O)OCCN(C)[C@H]1c1ccc(F)cc1. The zero-order valence-electron chi connectivity index (χ0n) is 10.2. The summed E-state index contributed by atoms with van der Waals surface area (Å²) >= 11 is 0. The van der Waals surface area contributed by atoms with Crippen molar-refractivity contribution in [3.05, 3.63) is 35.6 Å². The molecule has 94 valence electrons. The van der Waals surface area contributed by atoms with E-state index in [-0.39, 0.29) is 11.9 Å². The molecule has 3 nitrogen and oxygen atoms in total. The molecule has 0 aliphatic carbocycles. The van der Waals surface area contributed by atoms with Gasteiger partial charge in [-0.25, -0.2) is 4.39 Å². The summed E-state index contributed by atoms with van der Waals surface area (Å²) < 4.78 is 18.4. The summed E-state index contributed by atoms with van der Waals surface area (Å²) in [6, 6.07) is 5.97. The lowest BCUT2D eigenvalue weighted by molar-refractivity contribution is -0.269. The number of ether oxygens (including phenoxy) is 1. The summed E-state index contributed by atoms with van der Waals surface area (Å²) in [4.78, 5) is 2.04. The van der Waals surface area contributed by atoms with Crippen LogP contribution in [0, 0.1) is 5.82 Å². The Morgan fingerprint density at radius 2 is 2.12 bits per heavy atom. The number of hydrogen-bond acceptors (Lipinski definition) is 3. The van der Waals surface area contributed by atoms with Crippen LogP contribution < -0.4 is 0 Å². The molecule has 0 bridgehead atoms. The van der Waals surface area contributed by atoms with Gasteiger partial charge in [0.05, 0.1) is 12.6 Å². The highest BCUT2D eigenvalue weighted by Gasteiger charge is 2.42. The average Bonchev–Trinajstić information content (AvgIpc) is 2.31. The van der Waals surface area contributed by atoms with Gasteiger partial charge < -0.3 is 9.84 Å². The number of halogens is 1. The first-order valence-corrected chi connectivity index (χ1v) is 5.89. The third-order valence-electron chi connectivity index (χ3n) is 3.36. The van der Waals surface area contributed by atoms with Gasteiger partial charge in [-0.1, -0.05) is 19.1 Å². The molecule has 1 fully saturated rings. The molecule has 1 aliphatic rings. The minimum atomic E-state index is -1.19. The highest BCUT2D eigenvalue weighted by Crippen LogP contribution is 2.37. The molecule has 1 heterocycles. The predicted molar refractivity (Wildman–Crippen MR) is 63.0 cm³/mol. The molecule has 0 saturated carbocycles. The monoisotopic (exact) mass is 239 g/mol. The van der Waals surface area contributed by atoms with Crippen LogP contribution in [-0.4, -0.2) is 36.0 Å². The lowest BCUT2D eigenvalue weighted by Crippen LogP contribution is -2.52. The van der Waals surface area contributed by atoms with Gasteiger partial charge in [0.15, 0.2) is 5.79 Å². The zero-order valence-corrected chi connectivity index (χ0v) is 10.2. The van der Waals surface area contributed by atoms with Crippen LogP contribution in [0.1, 0.15) is 24.9 Å². The number of rotatable bonds is 2. The van der Waals surface area contributed by atoms with Crippen LogP contribution >= 0.6 is 0 Å². The molecule has 1 aromatic rings. The second-order valence-corrected chi connectivity index (χ2v) is 4.48. The van der Waals surface area contributed by atoms with Crippen molar-refractivity contribution in [1.82, 2.24) is 4.90 Å². The Labute approximate surface area is 101 Å². The van der Waals surface area contributed by atoms with Crippen molar-refractivity contribution >= 4 is 0 Å². The Kier molecular flexibility index (Phi) is 3.47. The van der Waals surface area contributed by atoms with Crippen LogP contribution in [0.25, 0.3) is 0 Å². The van der Waals surface area contributed by atoms with Gasteiger partial charge in [0.2, 0.25) is 0 Å². The first-order chi connectivity index (χ1) is 8.07. The molecule has 1 aromatic carbocycles. The molecule has 4 heteroatoms. The van der Waals surface area contributed by atoms with Crippen molar-refractivity contribution in [3.8, 4) is 0 Å². The maximum absolute atomic E-state index is 12.9. The van der Waals surface area contributed by atoms with E-state index in [1.807, 2.05) is 18.9 Å². The number of morpholine rings is 1. The zero-order chi connectivity index (χ0) is 12.5. The van der Waals surface area contributed by atoms with Gasteiger partial charge >= 0.3 is 0 Å². The van der Waals surface area contributed by atoms with E-state index in [1.165, 1.54) is 12.1 Å². The minimum Gasteiger partial charge on any atom is -0.364 e. The lowest BCUT2D eigenvalue weighted by atomic mass is 9.93. The number of hydrogen-bond donors (Lipinski definition) is 1. The van der Waals surface area contributed by atoms with Crippen molar-refractivity contribution in [1.29, 1.82) is 0 Å². The van der Waals surface area contributed by atoms with E-state index in [2.05, 4.69) is 0 Å². The van der Waals surface area contributed by atoms with Crippen LogP contribution in [0.5, 0.6) is 0 Å². The molecule has 0 unspecified atom stereocenters. The van der Waals surface area contributed by atoms with Crippen LogP contribution in [0.15, 0.2) is 24.3 Å². The number of likely N-dealkylation sites (N-methyl/N-ethyl adjacent to an activating group) is 1. The lowest BCUT2D eigenvalue weighted by Gasteiger charge is -2.45. The molecule has 1 N–H and O–H groups in total. The van der Waals surface area contributed by atoms with E-state index in [9.17, 15) is 9.50 Å². The Hall–Kier alpha value is -0.970. The molecule has 0 amide bonds. The molecular formula is C13H18FNO2. The molecule has 0 aromatic heterocycles. The van der Waals surface area contributed by atoms with Gasteiger partial charge in [0.1, 0.15) is 5.82 Å². The fraction of sp³-hybridized carbons (Fsp3) is 0.538. The Bertz CT molecular complexity index is 382. The van der Waals surface area contributed by atoms with Crippen LogP contribution in [0.3, 0.4) is 0 Å². The van der Waals surface area contributed by atoms with Gasteiger partial charge in [-0.2, -0.15) is 0 Å². The minimum absolute atomic E-state index is 0.248. The second kappa shape index (κ2) is 4.72. The van der Waals surface area contributed by atoms with Crippen molar-refractivity contribution in [2.24, 2.45) is 0 Å². The Morgan fingerprint density at radius 1 is 1.47 bits per heavy atom. The Morgan fingerprint density at radius 3 is 2.71 bits per heavy atom. The van der Waals surface area contributed by atoms with E-state index < -0.39 is 5.79 Å². The Balaban J connectivity index is 2.34. The third-order valence-corrected chi connectivity index (χ3v) is 3.36. The number of nitrogens with zero attached hydrogens (tertiary/aromatic N) is 1. The molecule has 2 rings (SSSR count). The summed E-state index contributed by atoms with van der Waals surface area (Å²) in [5.74, 6) is -1.46. The van der Waals surface area contributed by atoms with Gasteiger partial charge in [-0.3, -0.25) is 4.90 Å². The predicted octanol–water partition coefficient (Wildman–Crippen LogP) is 1.93. The quantitative estimate of drug-likeness (QED) is 0.856. The average molecular weight is 239 g/mol. The summed E-state index contributed by atoms with van der Waals surface area (Å²) in [6.45, 7) is 3.15. The van der Waals surface area contributed by atoms with Gasteiger partial charge in [-0.05, 0) is 24.7 Å². The third kappa shape index (κ3) is 2.34. The van der Waals surface area contributed by atoms with E-state index in [1.54, 1.807) is 12.1 Å². The van der Waals surface area contributed by atoms with Gasteiger partial charge in [-0.15, -0.1) is 0 Å². The van der Waals surface area contributed by atoms with Crippen LogP contribution in [0.4, 0.5) is 4.39 Å². The number of aliphatic hydroxyl groups is 1. The maximum Gasteiger partial charge on any atom is 0.185 e. The molecule has 1 saturated heterocycles. The molecule has 17 heavy (non-hydrogen) atoms. The summed E-state index contributed by atoms with van der Waals surface area (Å²) in [5, 5.41) is 10.5. The first kappa shape index (κ1) is 12.5. The highest BCUT2D eigenvalue weighted by atomic mass is 19.1. The van der Waals surface area contributed by atoms with Gasteiger partial charge in [0, 0.05) is 13.0 Å². The molecule has 0 radical (unpaired) electrons. The summed E-state index contributed by atoms with van der Waals surface area (Å²) in [7, 11) is 1.94. The van der Waals surface area contributed by atoms with Crippen molar-refractivity contribution in [3.63, 3.8) is 0 Å². The van der Waals surface area contributed by atoms with E-state index in [4.69, 9.17) is 4.74 Å². The summed E-state index contributed by atoms with van der Waals surface area (Å²) in [5.41, 5.74) is 0.873. The number of benzene rings is 1. The first-order valence-electron chi connectivity index (χ1n) is 5.89. The van der Waals surface area contributed by atoms with Crippen molar-refractivity contribution in [2.75, 3.05) is 20.2 Å². The van der Waals surface area contributed by atoms with Crippen LogP contribution in [-0.2, 0) is 4.74 Å². The highest BCUT2D eigenvalue weighted by molar-refractivity contribution is 5.22. The topological polar surface area (TPSA) is 32.7 Å². The maximum atomic E-state index is 12.9. The van der Waals surface area contributed by atoms with Crippen molar-refractivity contribution < 1.29 is 14.2 Å². The molecule has 2 atom stereocenters. The molecule has 0 spiro atoms. The van der Waals surface area contributed by atoms with E-state index >= 15 is 0 Å². The fourth-order valence-electron chi connectivity index (χ4n) is 2.37. The smallest absolute Gasteiger partial charge is 0.185 e. The van der Waals surface area contributed by atoms with Crippen LogP contribution in [0.2, 0.25) is 0 Å².